The molecule has 0 heterocycles. The van der Waals surface area contributed by atoms with Gasteiger partial charge < -0.3 is 10.2 Å². The molecule has 0 bridgehead atoms. The second kappa shape index (κ2) is 10.2. The summed E-state index contributed by atoms with van der Waals surface area (Å²) >= 11 is 0. The van der Waals surface area contributed by atoms with E-state index in [1.807, 2.05) is 0 Å². The molecule has 0 unspecified atom stereocenters. The molecule has 152 valence electrons. The minimum Gasteiger partial charge on any atom is -0.870 e. The van der Waals surface area contributed by atoms with Gasteiger partial charge in [-0.15, -0.1) is 0 Å². The fraction of sp³-hybridized carbons (Fsp3) is 0.111. The van der Waals surface area contributed by atoms with Gasteiger partial charge in [-0.3, -0.25) is 0 Å². The second-order valence-electron chi connectivity index (χ2n) is 7.03. The van der Waals surface area contributed by atoms with Crippen molar-refractivity contribution in [1.82, 2.24) is 0 Å². The van der Waals surface area contributed by atoms with E-state index in [0.29, 0.717) is 6.61 Å². The number of hydrogen-bond acceptors (Lipinski definition) is 2. The highest BCUT2D eigenvalue weighted by Crippen LogP contribution is 2.59. The molecule has 2 nitrogen and oxygen atoms in total. The highest BCUT2D eigenvalue weighted by molar-refractivity contribution is 7.95. The summed E-state index contributed by atoms with van der Waals surface area (Å²) in [6.45, 7) is 2.71. The monoisotopic (exact) mass is 414 g/mol. The van der Waals surface area contributed by atoms with Crippen LogP contribution in [0.25, 0.3) is 0 Å². The van der Waals surface area contributed by atoms with Crippen LogP contribution in [-0.2, 0) is 6.16 Å². The van der Waals surface area contributed by atoms with Gasteiger partial charge in [0.25, 0.3) is 0 Å². The highest BCUT2D eigenvalue weighted by atomic mass is 31.2. The zero-order chi connectivity index (χ0) is 19.9. The molecular weight excluding hydrogens is 387 g/mol. The topological polar surface area (TPSA) is 39.2 Å². The zero-order valence-corrected chi connectivity index (χ0v) is 18.1. The Balaban J connectivity index is 0.00000256. The fourth-order valence-electron chi connectivity index (χ4n) is 3.97. The van der Waals surface area contributed by atoms with E-state index in [9.17, 15) is 0 Å². The molecular formula is C27H27O2P. The summed E-state index contributed by atoms with van der Waals surface area (Å²) in [5.41, 5.74) is 1.35. The first-order chi connectivity index (χ1) is 14.3. The number of hydrogen-bond donors (Lipinski definition) is 0. The minimum atomic E-state index is -1.97. The molecule has 4 aromatic carbocycles. The third-order valence-corrected chi connectivity index (χ3v) is 9.62. The third-order valence-electron chi connectivity index (χ3n) is 5.23. The van der Waals surface area contributed by atoms with Gasteiger partial charge in [0.1, 0.15) is 23.2 Å². The van der Waals surface area contributed by atoms with Crippen molar-refractivity contribution in [2.45, 2.75) is 13.1 Å². The summed E-state index contributed by atoms with van der Waals surface area (Å²) in [6, 6.07) is 41.4. The lowest BCUT2D eigenvalue weighted by Crippen LogP contribution is -2.33. The molecule has 0 aromatic heterocycles. The summed E-state index contributed by atoms with van der Waals surface area (Å²) < 4.78 is 6.15. The molecule has 3 heteroatoms. The van der Waals surface area contributed by atoms with E-state index in [1.165, 1.54) is 21.5 Å². The predicted octanol–water partition coefficient (Wildman–Crippen LogP) is 5.40. The maximum Gasteiger partial charge on any atom is 0.162 e. The van der Waals surface area contributed by atoms with Crippen molar-refractivity contribution < 1.29 is 10.2 Å². The smallest absolute Gasteiger partial charge is 0.162 e. The number of para-hydroxylation sites is 1. The Kier molecular flexibility index (Phi) is 7.41. The van der Waals surface area contributed by atoms with Gasteiger partial charge >= 0.3 is 0 Å². The van der Waals surface area contributed by atoms with Crippen molar-refractivity contribution >= 4 is 23.2 Å². The molecule has 0 aliphatic heterocycles. The second-order valence-corrected chi connectivity index (χ2v) is 10.5. The summed E-state index contributed by atoms with van der Waals surface area (Å²) in [5, 5.41) is 4.06. The van der Waals surface area contributed by atoms with E-state index >= 15 is 0 Å². The van der Waals surface area contributed by atoms with Gasteiger partial charge in [-0.1, -0.05) is 78.9 Å². The van der Waals surface area contributed by atoms with Gasteiger partial charge in [0.15, 0.2) is 5.75 Å². The van der Waals surface area contributed by atoms with Gasteiger partial charge in [0.05, 0.1) is 12.8 Å². The molecule has 0 spiro atoms. The summed E-state index contributed by atoms with van der Waals surface area (Å²) in [5.74, 6) is 0.993. The summed E-state index contributed by atoms with van der Waals surface area (Å²) in [7, 11) is -1.97. The van der Waals surface area contributed by atoms with E-state index in [0.717, 1.165) is 11.9 Å². The molecule has 4 rings (SSSR count). The average Bonchev–Trinajstić information content (AvgIpc) is 2.80. The van der Waals surface area contributed by atoms with Crippen molar-refractivity contribution in [3.05, 3.63) is 121 Å². The Morgan fingerprint density at radius 3 is 1.60 bits per heavy atom. The molecule has 0 saturated carbocycles. The molecule has 0 aliphatic rings. The summed E-state index contributed by atoms with van der Waals surface area (Å²) in [4.78, 5) is 0. The van der Waals surface area contributed by atoms with Crippen LogP contribution in [0.5, 0.6) is 5.75 Å². The van der Waals surface area contributed by atoms with Crippen molar-refractivity contribution in [2.75, 3.05) is 6.61 Å². The van der Waals surface area contributed by atoms with Gasteiger partial charge in [0, 0.05) is 0 Å². The molecule has 0 fully saturated rings. The van der Waals surface area contributed by atoms with Crippen LogP contribution in [0.1, 0.15) is 12.5 Å². The average molecular weight is 414 g/mol. The van der Waals surface area contributed by atoms with Gasteiger partial charge in [-0.05, 0) is 48.9 Å². The number of rotatable bonds is 7. The van der Waals surface area contributed by atoms with Crippen LogP contribution >= 0.6 is 7.26 Å². The number of ether oxygens (including phenoxy) is 1. The van der Waals surface area contributed by atoms with E-state index in [4.69, 9.17) is 4.74 Å². The van der Waals surface area contributed by atoms with Gasteiger partial charge in [-0.25, -0.2) is 0 Å². The molecule has 0 atom stereocenters. The predicted molar refractivity (Wildman–Crippen MR) is 128 cm³/mol. The Hall–Kier alpha value is -2.93. The van der Waals surface area contributed by atoms with Gasteiger partial charge in [-0.2, -0.15) is 0 Å². The van der Waals surface area contributed by atoms with Crippen LogP contribution in [-0.4, -0.2) is 12.1 Å². The van der Waals surface area contributed by atoms with Gasteiger partial charge in [0.2, 0.25) is 0 Å². The van der Waals surface area contributed by atoms with Crippen LogP contribution in [0, 0.1) is 0 Å². The first-order valence-corrected chi connectivity index (χ1v) is 12.1. The first kappa shape index (κ1) is 21.8. The minimum absolute atomic E-state index is 0. The van der Waals surface area contributed by atoms with Crippen molar-refractivity contribution in [3.8, 4) is 5.75 Å². The largest absolute Gasteiger partial charge is 0.870 e. The molecule has 4 aromatic rings. The molecule has 1 N–H and O–H groups in total. The van der Waals surface area contributed by atoms with Crippen LogP contribution in [0.4, 0.5) is 0 Å². The zero-order valence-electron chi connectivity index (χ0n) is 17.2. The third kappa shape index (κ3) is 4.31. The SMILES string of the molecule is CCOc1ccccc1[P+](Cc1ccccc1)(c1ccccc1)c1ccccc1.[OH-]. The lowest BCUT2D eigenvalue weighted by atomic mass is 10.2. The van der Waals surface area contributed by atoms with E-state index in [1.54, 1.807) is 0 Å². The van der Waals surface area contributed by atoms with Crippen LogP contribution < -0.4 is 20.7 Å². The lowest BCUT2D eigenvalue weighted by Gasteiger charge is -2.29. The van der Waals surface area contributed by atoms with Crippen LogP contribution in [0.3, 0.4) is 0 Å². The van der Waals surface area contributed by atoms with Crippen LogP contribution in [0.2, 0.25) is 0 Å². The van der Waals surface area contributed by atoms with Crippen molar-refractivity contribution in [3.63, 3.8) is 0 Å². The molecule has 0 amide bonds. The van der Waals surface area contributed by atoms with Crippen molar-refractivity contribution in [2.24, 2.45) is 0 Å². The van der Waals surface area contributed by atoms with Crippen molar-refractivity contribution in [1.29, 1.82) is 0 Å². The van der Waals surface area contributed by atoms with E-state index in [2.05, 4.69) is 122 Å². The highest BCUT2D eigenvalue weighted by Gasteiger charge is 2.47. The molecule has 0 saturated heterocycles. The Labute approximate surface area is 179 Å². The molecule has 0 aliphatic carbocycles. The first-order valence-electron chi connectivity index (χ1n) is 10.1. The fourth-order valence-corrected chi connectivity index (χ4v) is 8.33. The lowest BCUT2D eigenvalue weighted by molar-refractivity contribution is 0.343. The Morgan fingerprint density at radius 2 is 1.07 bits per heavy atom. The normalized spacial score (nSPS) is 10.8. The molecule has 0 radical (unpaired) electrons. The number of benzene rings is 4. The quantitative estimate of drug-likeness (QED) is 0.380. The van der Waals surface area contributed by atoms with E-state index in [-0.39, 0.29) is 5.48 Å². The van der Waals surface area contributed by atoms with E-state index < -0.39 is 7.26 Å². The molecule has 30 heavy (non-hydrogen) atoms. The van der Waals surface area contributed by atoms with Crippen LogP contribution in [0.15, 0.2) is 115 Å². The summed E-state index contributed by atoms with van der Waals surface area (Å²) in [6.07, 6.45) is 0.964. The Bertz CT molecular complexity index is 994. The Morgan fingerprint density at radius 1 is 0.600 bits per heavy atom. The maximum absolute atomic E-state index is 6.15. The standard InChI is InChI=1S/C27H26OP.H2O/c1-2-28-26-20-12-13-21-27(26)29(24-16-8-4-9-17-24,25-18-10-5-11-19-25)22-23-14-6-3-7-15-23;/h3-21H,2,22H2,1H3;1H2/q+1;/p-1. The maximum atomic E-state index is 6.15.